The largest absolute Gasteiger partial charge is 0.455 e. The molecule has 180 valence electrons. The number of cyclic esters (lactones) is 1. The highest BCUT2D eigenvalue weighted by Gasteiger charge is 2.70. The van der Waals surface area contributed by atoms with Gasteiger partial charge in [-0.3, -0.25) is 4.79 Å². The van der Waals surface area contributed by atoms with Crippen LogP contribution in [0, 0.1) is 28.6 Å². The van der Waals surface area contributed by atoms with Crippen molar-refractivity contribution in [3.63, 3.8) is 0 Å². The minimum atomic E-state index is -1.57. The van der Waals surface area contributed by atoms with Crippen LogP contribution < -0.4 is 0 Å². The number of hydrogen-bond donors (Lipinski definition) is 2. The number of ether oxygens (including phenoxy) is 1. The fourth-order valence-corrected chi connectivity index (χ4v) is 8.46. The predicted molar refractivity (Wildman–Crippen MR) is 125 cm³/mol. The molecular formula is C28H38O5. The Hall–Kier alpha value is -1.72. The molecule has 5 nitrogen and oxygen atoms in total. The van der Waals surface area contributed by atoms with Crippen molar-refractivity contribution in [3.8, 4) is 0 Å². The average Bonchev–Trinajstić information content (AvgIpc) is 3.05. The highest BCUT2D eigenvalue weighted by atomic mass is 16.6. The molecule has 5 heteroatoms. The zero-order valence-corrected chi connectivity index (χ0v) is 20.6. The molecule has 0 aromatic heterocycles. The van der Waals surface area contributed by atoms with E-state index < -0.39 is 34.1 Å². The summed E-state index contributed by atoms with van der Waals surface area (Å²) < 4.78 is 5.67. The second-order valence-corrected chi connectivity index (χ2v) is 12.0. The van der Waals surface area contributed by atoms with Crippen molar-refractivity contribution in [1.29, 1.82) is 0 Å². The molecule has 0 spiro atoms. The van der Waals surface area contributed by atoms with Crippen LogP contribution in [0.5, 0.6) is 0 Å². The van der Waals surface area contributed by atoms with Crippen molar-refractivity contribution in [3.05, 3.63) is 34.9 Å². The van der Waals surface area contributed by atoms with Crippen LogP contribution in [0.3, 0.4) is 0 Å². The van der Waals surface area contributed by atoms with Gasteiger partial charge in [0.15, 0.2) is 5.78 Å². The number of carbonyl (C=O) groups excluding carboxylic acids is 2. The molecule has 8 atom stereocenters. The number of carbonyl (C=O) groups is 2. The summed E-state index contributed by atoms with van der Waals surface area (Å²) in [6.45, 7) is 9.56. The lowest BCUT2D eigenvalue weighted by molar-refractivity contribution is -0.251. The third-order valence-electron chi connectivity index (χ3n) is 10.9. The second-order valence-electron chi connectivity index (χ2n) is 12.0. The standard InChI is InChI=1S/C28H38O5/c1-16-15-23(33-24(30)17(16)2)27(5,31)28(32)14-12-20-19-10-9-18-7-6-8-22(29)26(18,4)21(19)11-13-25(20,28)3/h6,8-9,19-21,23,31-32H,7,10-15H2,1-5H3. The van der Waals surface area contributed by atoms with Gasteiger partial charge in [0, 0.05) is 17.4 Å². The Morgan fingerprint density at radius 3 is 2.52 bits per heavy atom. The van der Waals surface area contributed by atoms with Gasteiger partial charge in [0.05, 0.1) is 5.41 Å². The number of allylic oxidation sites excluding steroid dienone is 4. The molecule has 2 N–H and O–H groups in total. The van der Waals surface area contributed by atoms with E-state index in [9.17, 15) is 19.8 Å². The fraction of sp³-hybridized carbons (Fsp3) is 0.714. The molecule has 4 aliphatic carbocycles. The highest BCUT2D eigenvalue weighted by molar-refractivity contribution is 5.98. The SMILES string of the molecule is CC1=C(C)C(=O)OC(C(C)(O)C2(O)CCC3C4CC=C5CC=CC(=O)C5(C)C4CCC32C)C1. The van der Waals surface area contributed by atoms with Gasteiger partial charge in [0.25, 0.3) is 0 Å². The van der Waals surface area contributed by atoms with Crippen molar-refractivity contribution >= 4 is 11.8 Å². The van der Waals surface area contributed by atoms with Crippen LogP contribution in [0.15, 0.2) is 34.9 Å². The highest BCUT2D eigenvalue weighted by Crippen LogP contribution is 2.68. The molecule has 0 amide bonds. The topological polar surface area (TPSA) is 83.8 Å². The summed E-state index contributed by atoms with van der Waals surface area (Å²) in [6.07, 6.45) is 10.4. The molecule has 1 heterocycles. The van der Waals surface area contributed by atoms with E-state index in [-0.39, 0.29) is 17.6 Å². The molecule has 0 bridgehead atoms. The van der Waals surface area contributed by atoms with E-state index in [0.717, 1.165) is 37.7 Å². The molecule has 5 aliphatic rings. The maximum Gasteiger partial charge on any atom is 0.334 e. The smallest absolute Gasteiger partial charge is 0.334 e. The Morgan fingerprint density at radius 1 is 1.12 bits per heavy atom. The predicted octanol–water partition coefficient (Wildman–Crippen LogP) is 4.43. The van der Waals surface area contributed by atoms with Crippen molar-refractivity contribution in [1.82, 2.24) is 0 Å². The van der Waals surface area contributed by atoms with Gasteiger partial charge in [-0.1, -0.05) is 30.2 Å². The van der Waals surface area contributed by atoms with E-state index >= 15 is 0 Å². The van der Waals surface area contributed by atoms with Crippen LogP contribution in [0.1, 0.15) is 79.6 Å². The minimum Gasteiger partial charge on any atom is -0.455 e. The first-order chi connectivity index (χ1) is 15.4. The zero-order chi connectivity index (χ0) is 24.0. The van der Waals surface area contributed by atoms with Crippen molar-refractivity contribution in [2.75, 3.05) is 0 Å². The molecule has 0 aromatic carbocycles. The van der Waals surface area contributed by atoms with Gasteiger partial charge in [0.1, 0.15) is 17.3 Å². The third kappa shape index (κ3) is 2.78. The number of ketones is 1. The first-order valence-electron chi connectivity index (χ1n) is 12.6. The van der Waals surface area contributed by atoms with Gasteiger partial charge in [-0.15, -0.1) is 0 Å². The minimum absolute atomic E-state index is 0.207. The molecule has 33 heavy (non-hydrogen) atoms. The van der Waals surface area contributed by atoms with Crippen LogP contribution in [0.2, 0.25) is 0 Å². The van der Waals surface area contributed by atoms with E-state index in [2.05, 4.69) is 19.9 Å². The molecule has 0 aromatic rings. The van der Waals surface area contributed by atoms with Gasteiger partial charge in [-0.25, -0.2) is 4.79 Å². The van der Waals surface area contributed by atoms with Gasteiger partial charge in [-0.2, -0.15) is 0 Å². The summed E-state index contributed by atoms with van der Waals surface area (Å²) in [5, 5.41) is 24.1. The van der Waals surface area contributed by atoms with Crippen molar-refractivity contribution < 1.29 is 24.5 Å². The second kappa shape index (κ2) is 7.14. The monoisotopic (exact) mass is 454 g/mol. The summed E-state index contributed by atoms with van der Waals surface area (Å²) in [6, 6.07) is 0. The van der Waals surface area contributed by atoms with E-state index in [1.807, 2.05) is 13.0 Å². The number of fused-ring (bicyclic) bond motifs is 5. The molecule has 8 unspecified atom stereocenters. The van der Waals surface area contributed by atoms with Crippen LogP contribution in [0.25, 0.3) is 0 Å². The summed E-state index contributed by atoms with van der Waals surface area (Å²) >= 11 is 0. The molecule has 0 saturated heterocycles. The number of esters is 1. The lowest BCUT2D eigenvalue weighted by atomic mass is 9.46. The van der Waals surface area contributed by atoms with E-state index in [1.54, 1.807) is 19.9 Å². The van der Waals surface area contributed by atoms with Crippen LogP contribution in [-0.2, 0) is 14.3 Å². The Morgan fingerprint density at radius 2 is 1.82 bits per heavy atom. The third-order valence-corrected chi connectivity index (χ3v) is 10.9. The van der Waals surface area contributed by atoms with Gasteiger partial charge in [-0.05, 0) is 90.0 Å². The van der Waals surface area contributed by atoms with Crippen molar-refractivity contribution in [2.24, 2.45) is 28.6 Å². The lowest BCUT2D eigenvalue weighted by Crippen LogP contribution is -2.68. The average molecular weight is 455 g/mol. The summed E-state index contributed by atoms with van der Waals surface area (Å²) in [4.78, 5) is 25.5. The Balaban J connectivity index is 1.49. The summed E-state index contributed by atoms with van der Waals surface area (Å²) in [5.41, 5.74) is -1.13. The van der Waals surface area contributed by atoms with Crippen LogP contribution in [-0.4, -0.2) is 39.3 Å². The normalized spacial score (nSPS) is 46.7. The quantitative estimate of drug-likeness (QED) is 0.476. The van der Waals surface area contributed by atoms with Crippen molar-refractivity contribution in [2.45, 2.75) is 96.9 Å². The summed E-state index contributed by atoms with van der Waals surface area (Å²) in [7, 11) is 0. The van der Waals surface area contributed by atoms with Gasteiger partial charge >= 0.3 is 5.97 Å². The maximum atomic E-state index is 13.1. The summed E-state index contributed by atoms with van der Waals surface area (Å²) in [5.74, 6) is 0.581. The Bertz CT molecular complexity index is 1000. The molecule has 5 rings (SSSR count). The molecule has 0 radical (unpaired) electrons. The van der Waals surface area contributed by atoms with Crippen LogP contribution >= 0.6 is 0 Å². The zero-order valence-electron chi connectivity index (χ0n) is 20.6. The molecule has 2 saturated carbocycles. The molecular weight excluding hydrogens is 416 g/mol. The number of hydrogen-bond acceptors (Lipinski definition) is 5. The maximum absolute atomic E-state index is 13.1. The van der Waals surface area contributed by atoms with E-state index in [4.69, 9.17) is 4.74 Å². The molecule has 2 fully saturated rings. The fourth-order valence-electron chi connectivity index (χ4n) is 8.46. The lowest BCUT2D eigenvalue weighted by Gasteiger charge is -2.60. The number of rotatable bonds is 2. The number of aliphatic hydroxyl groups is 2. The Kier molecular flexibility index (Phi) is 4.99. The van der Waals surface area contributed by atoms with Gasteiger partial charge < -0.3 is 14.9 Å². The first-order valence-corrected chi connectivity index (χ1v) is 12.6. The van der Waals surface area contributed by atoms with E-state index in [1.165, 1.54) is 5.57 Å². The first kappa shape index (κ1) is 23.0. The molecule has 1 aliphatic heterocycles. The van der Waals surface area contributed by atoms with E-state index in [0.29, 0.717) is 24.3 Å². The van der Waals surface area contributed by atoms with Gasteiger partial charge in [0.2, 0.25) is 0 Å². The Labute approximate surface area is 197 Å². The van der Waals surface area contributed by atoms with Crippen LogP contribution in [0.4, 0.5) is 0 Å².